The molecule has 0 radical (unpaired) electrons. The molecule has 0 amide bonds. The molecule has 1 aromatic rings. The predicted molar refractivity (Wildman–Crippen MR) is 64.7 cm³/mol. The minimum absolute atomic E-state index is 0.0913. The van der Waals surface area contributed by atoms with Crippen LogP contribution in [0.5, 0.6) is 5.75 Å². The summed E-state index contributed by atoms with van der Waals surface area (Å²) < 4.78 is 40.5. The molecule has 1 aliphatic carbocycles. The summed E-state index contributed by atoms with van der Waals surface area (Å²) in [4.78, 5) is 0. The monoisotopic (exact) mass is 274 g/mol. The van der Waals surface area contributed by atoms with E-state index < -0.39 is 12.0 Å². The third-order valence-electron chi connectivity index (χ3n) is 3.85. The van der Waals surface area contributed by atoms with E-state index in [0.29, 0.717) is 12.0 Å². The fourth-order valence-electron chi connectivity index (χ4n) is 2.95. The summed E-state index contributed by atoms with van der Waals surface area (Å²) in [5.74, 6) is -0.186. The zero-order valence-electron chi connectivity index (χ0n) is 10.7. The van der Waals surface area contributed by atoms with E-state index >= 15 is 0 Å². The topological polar surface area (TPSA) is 29.5 Å². The van der Waals surface area contributed by atoms with Crippen molar-refractivity contribution < 1.29 is 23.0 Å². The summed E-state index contributed by atoms with van der Waals surface area (Å²) in [5.41, 5.74) is -0.515. The van der Waals surface area contributed by atoms with Gasteiger partial charge in [0.15, 0.2) is 0 Å². The third kappa shape index (κ3) is 3.03. The first kappa shape index (κ1) is 14.2. The number of ether oxygens (including phenoxy) is 1. The van der Waals surface area contributed by atoms with Gasteiger partial charge in [0.1, 0.15) is 5.75 Å². The number of halogens is 3. The van der Waals surface area contributed by atoms with E-state index in [1.165, 1.54) is 18.2 Å². The Hall–Kier alpha value is -1.23. The van der Waals surface area contributed by atoms with E-state index in [9.17, 15) is 18.3 Å². The molecule has 2 unspecified atom stereocenters. The predicted octanol–water partition coefficient (Wildman–Crippen LogP) is 3.98. The Bertz CT molecular complexity index is 445. The number of hydrogen-bond acceptors (Lipinski definition) is 2. The van der Waals surface area contributed by atoms with E-state index in [-0.39, 0.29) is 11.7 Å². The van der Waals surface area contributed by atoms with Crippen molar-refractivity contribution in [1.82, 2.24) is 0 Å². The van der Waals surface area contributed by atoms with Gasteiger partial charge in [-0.25, -0.2) is 0 Å². The van der Waals surface area contributed by atoms with Gasteiger partial charge in [0, 0.05) is 0 Å². The number of alkyl halides is 3. The van der Waals surface area contributed by atoms with Crippen molar-refractivity contribution >= 4 is 0 Å². The maximum absolute atomic E-state index is 12.2. The minimum Gasteiger partial charge on any atom is -0.406 e. The molecule has 0 saturated heterocycles. The molecule has 0 aliphatic heterocycles. The molecule has 0 spiro atoms. The lowest BCUT2D eigenvalue weighted by atomic mass is 9.82. The fraction of sp³-hybridized carbons (Fsp3) is 0.571. The van der Waals surface area contributed by atoms with Crippen LogP contribution in [0.1, 0.15) is 38.2 Å². The number of rotatable bonds is 3. The van der Waals surface area contributed by atoms with E-state index in [2.05, 4.69) is 4.74 Å². The van der Waals surface area contributed by atoms with Crippen LogP contribution in [0.3, 0.4) is 0 Å². The van der Waals surface area contributed by atoms with Crippen molar-refractivity contribution in [3.63, 3.8) is 0 Å². The van der Waals surface area contributed by atoms with Crippen LogP contribution in [0.2, 0.25) is 0 Å². The molecule has 5 heteroatoms. The van der Waals surface area contributed by atoms with Gasteiger partial charge < -0.3 is 9.84 Å². The summed E-state index contributed by atoms with van der Waals surface area (Å²) >= 11 is 0. The molecule has 1 saturated carbocycles. The van der Waals surface area contributed by atoms with Gasteiger partial charge in [0.05, 0.1) is 5.60 Å². The van der Waals surface area contributed by atoms with Crippen LogP contribution in [0.15, 0.2) is 24.3 Å². The van der Waals surface area contributed by atoms with Crippen LogP contribution < -0.4 is 4.74 Å². The van der Waals surface area contributed by atoms with Gasteiger partial charge in [-0.2, -0.15) is 0 Å². The molecule has 1 aliphatic rings. The first-order chi connectivity index (χ1) is 8.85. The van der Waals surface area contributed by atoms with Crippen molar-refractivity contribution in [2.75, 3.05) is 0 Å². The van der Waals surface area contributed by atoms with Gasteiger partial charge in [0.2, 0.25) is 0 Å². The molecule has 1 fully saturated rings. The smallest absolute Gasteiger partial charge is 0.406 e. The van der Waals surface area contributed by atoms with Gasteiger partial charge in [-0.05, 0) is 42.9 Å². The van der Waals surface area contributed by atoms with Crippen molar-refractivity contribution in [2.24, 2.45) is 5.92 Å². The Balaban J connectivity index is 2.28. The van der Waals surface area contributed by atoms with E-state index in [4.69, 9.17) is 0 Å². The van der Waals surface area contributed by atoms with Gasteiger partial charge >= 0.3 is 6.36 Å². The third-order valence-corrected chi connectivity index (χ3v) is 3.85. The number of hydrogen-bond donors (Lipinski definition) is 1. The fourth-order valence-corrected chi connectivity index (χ4v) is 2.95. The summed E-state index contributed by atoms with van der Waals surface area (Å²) in [6, 6.07) is 5.69. The molecule has 106 valence electrons. The van der Waals surface area contributed by atoms with Crippen molar-refractivity contribution in [3.05, 3.63) is 29.8 Å². The van der Waals surface area contributed by atoms with Crippen LogP contribution in [0, 0.1) is 5.92 Å². The van der Waals surface area contributed by atoms with Crippen molar-refractivity contribution in [1.29, 1.82) is 0 Å². The van der Waals surface area contributed by atoms with Gasteiger partial charge in [-0.15, -0.1) is 13.2 Å². The first-order valence-corrected chi connectivity index (χ1v) is 6.44. The Morgan fingerprint density at radius 2 is 2.16 bits per heavy atom. The lowest BCUT2D eigenvalue weighted by molar-refractivity contribution is -0.274. The van der Waals surface area contributed by atoms with E-state index in [0.717, 1.165) is 19.3 Å². The minimum atomic E-state index is -4.71. The second-order valence-electron chi connectivity index (χ2n) is 5.00. The van der Waals surface area contributed by atoms with Crippen molar-refractivity contribution in [2.45, 2.75) is 44.6 Å². The largest absolute Gasteiger partial charge is 0.573 e. The zero-order valence-corrected chi connectivity index (χ0v) is 10.7. The molecule has 0 bridgehead atoms. The molecule has 0 aromatic heterocycles. The molecule has 19 heavy (non-hydrogen) atoms. The standard InChI is InChI=1S/C14H17F3O2/c1-2-10-6-4-8-13(10,18)11-5-3-7-12(9-11)19-14(15,16)17/h3,5,7,9-10,18H,2,4,6,8H2,1H3. The Kier molecular flexibility index (Phi) is 3.76. The molecule has 0 heterocycles. The average Bonchev–Trinajstić information content (AvgIpc) is 2.70. The summed E-state index contributed by atoms with van der Waals surface area (Å²) in [5, 5.41) is 10.7. The molecular formula is C14H17F3O2. The molecule has 2 nitrogen and oxygen atoms in total. The number of benzene rings is 1. The Morgan fingerprint density at radius 1 is 1.42 bits per heavy atom. The van der Waals surface area contributed by atoms with Crippen LogP contribution in [0.25, 0.3) is 0 Å². The van der Waals surface area contributed by atoms with Gasteiger partial charge in [-0.1, -0.05) is 25.5 Å². The molecule has 2 rings (SSSR count). The normalized spacial score (nSPS) is 27.5. The SMILES string of the molecule is CCC1CCCC1(O)c1cccc(OC(F)(F)F)c1. The van der Waals surface area contributed by atoms with Gasteiger partial charge in [0.25, 0.3) is 0 Å². The maximum Gasteiger partial charge on any atom is 0.573 e. The molecule has 1 N–H and O–H groups in total. The summed E-state index contributed by atoms with van der Waals surface area (Å²) in [6.07, 6.45) is -1.53. The summed E-state index contributed by atoms with van der Waals surface area (Å²) in [7, 11) is 0. The maximum atomic E-state index is 12.2. The van der Waals surface area contributed by atoms with E-state index in [1.807, 2.05) is 6.92 Å². The Labute approximate surface area is 110 Å². The lowest BCUT2D eigenvalue weighted by Crippen LogP contribution is -2.30. The highest BCUT2D eigenvalue weighted by Crippen LogP contribution is 2.45. The summed E-state index contributed by atoms with van der Waals surface area (Å²) in [6.45, 7) is 1.98. The van der Waals surface area contributed by atoms with Crippen LogP contribution in [0.4, 0.5) is 13.2 Å². The van der Waals surface area contributed by atoms with Crippen LogP contribution >= 0.6 is 0 Å². The number of aliphatic hydroxyl groups is 1. The quantitative estimate of drug-likeness (QED) is 0.903. The highest BCUT2D eigenvalue weighted by atomic mass is 19.4. The average molecular weight is 274 g/mol. The zero-order chi connectivity index (χ0) is 14.1. The van der Waals surface area contributed by atoms with Gasteiger partial charge in [-0.3, -0.25) is 0 Å². The van der Waals surface area contributed by atoms with Crippen LogP contribution in [-0.2, 0) is 5.60 Å². The first-order valence-electron chi connectivity index (χ1n) is 6.44. The molecular weight excluding hydrogens is 257 g/mol. The molecule has 2 atom stereocenters. The lowest BCUT2D eigenvalue weighted by Gasteiger charge is -2.30. The van der Waals surface area contributed by atoms with Crippen molar-refractivity contribution in [3.8, 4) is 5.75 Å². The van der Waals surface area contributed by atoms with E-state index in [1.54, 1.807) is 6.07 Å². The second kappa shape index (κ2) is 5.04. The van der Waals surface area contributed by atoms with Crippen LogP contribution in [-0.4, -0.2) is 11.5 Å². The Morgan fingerprint density at radius 3 is 2.79 bits per heavy atom. The molecule has 1 aromatic carbocycles. The second-order valence-corrected chi connectivity index (χ2v) is 5.00. The highest BCUT2D eigenvalue weighted by Gasteiger charge is 2.41. The highest BCUT2D eigenvalue weighted by molar-refractivity contribution is 5.33.